The van der Waals surface area contributed by atoms with Crippen molar-refractivity contribution in [3.05, 3.63) is 39.8 Å². The number of aliphatic imine (C=N–C) groups is 1. The van der Waals surface area contributed by atoms with Gasteiger partial charge < -0.3 is 20.1 Å². The smallest absolute Gasteiger partial charge is 0.191 e. The molecule has 2 rings (SSSR count). The molecule has 154 valence electrons. The lowest BCUT2D eigenvalue weighted by Crippen LogP contribution is -2.38. The molecule has 0 aliphatic rings. The molecule has 1 heterocycles. The maximum atomic E-state index is 5.74. The molecule has 28 heavy (non-hydrogen) atoms. The summed E-state index contributed by atoms with van der Waals surface area (Å²) in [7, 11) is 0. The van der Waals surface area contributed by atoms with E-state index in [-0.39, 0.29) is 6.04 Å². The fourth-order valence-electron chi connectivity index (χ4n) is 2.73. The van der Waals surface area contributed by atoms with Crippen LogP contribution in [0.5, 0.6) is 11.5 Å². The Morgan fingerprint density at radius 2 is 1.93 bits per heavy atom. The van der Waals surface area contributed by atoms with Crippen molar-refractivity contribution in [1.29, 1.82) is 0 Å². The lowest BCUT2D eigenvalue weighted by Gasteiger charge is -2.20. The molecule has 0 fully saturated rings. The average molecular weight is 405 g/mol. The second-order valence-electron chi connectivity index (χ2n) is 6.31. The number of guanidine groups is 1. The zero-order chi connectivity index (χ0) is 20.4. The summed E-state index contributed by atoms with van der Waals surface area (Å²) in [5, 5.41) is 7.91. The molecule has 0 saturated heterocycles. The molecular weight excluding hydrogens is 372 g/mol. The Balaban J connectivity index is 2.04. The number of hydrogen-bond donors (Lipinski definition) is 2. The molecule has 1 aromatic carbocycles. The van der Waals surface area contributed by atoms with E-state index in [1.165, 1.54) is 4.88 Å². The number of nitrogens with zero attached hydrogens (tertiary/aromatic N) is 2. The van der Waals surface area contributed by atoms with Crippen molar-refractivity contribution in [2.75, 3.05) is 26.3 Å². The summed E-state index contributed by atoms with van der Waals surface area (Å²) in [5.41, 5.74) is 1.12. The first kappa shape index (κ1) is 22.0. The van der Waals surface area contributed by atoms with Crippen LogP contribution in [0.2, 0.25) is 0 Å². The summed E-state index contributed by atoms with van der Waals surface area (Å²) >= 11 is 1.73. The van der Waals surface area contributed by atoms with Crippen LogP contribution >= 0.6 is 11.3 Å². The lowest BCUT2D eigenvalue weighted by atomic mass is 10.1. The van der Waals surface area contributed by atoms with Crippen molar-refractivity contribution in [3.63, 3.8) is 0 Å². The molecular formula is C21H32N4O2S. The first-order chi connectivity index (χ1) is 13.6. The number of hydrogen-bond acceptors (Lipinski definition) is 5. The minimum absolute atomic E-state index is 0.0785. The fourth-order valence-corrected chi connectivity index (χ4v) is 3.50. The monoisotopic (exact) mass is 404 g/mol. The highest BCUT2D eigenvalue weighted by molar-refractivity contribution is 7.11. The molecule has 0 aliphatic carbocycles. The number of rotatable bonds is 10. The predicted octanol–water partition coefficient (Wildman–Crippen LogP) is 4.11. The van der Waals surface area contributed by atoms with Gasteiger partial charge in [-0.2, -0.15) is 0 Å². The van der Waals surface area contributed by atoms with Crippen LogP contribution in [0.1, 0.15) is 49.2 Å². The third-order valence-electron chi connectivity index (χ3n) is 4.03. The van der Waals surface area contributed by atoms with Gasteiger partial charge in [0.05, 0.1) is 24.3 Å². The zero-order valence-electron chi connectivity index (χ0n) is 17.5. The van der Waals surface area contributed by atoms with Crippen molar-refractivity contribution in [3.8, 4) is 11.5 Å². The maximum absolute atomic E-state index is 5.74. The highest BCUT2D eigenvalue weighted by Crippen LogP contribution is 2.30. The third kappa shape index (κ3) is 6.71. The topological polar surface area (TPSA) is 67.8 Å². The highest BCUT2D eigenvalue weighted by Gasteiger charge is 2.12. The van der Waals surface area contributed by atoms with Crippen LogP contribution in [0.15, 0.2) is 29.4 Å². The largest absolute Gasteiger partial charge is 0.490 e. The summed E-state index contributed by atoms with van der Waals surface area (Å²) in [6.45, 7) is 12.9. The molecule has 1 atom stereocenters. The molecule has 1 unspecified atom stereocenters. The van der Waals surface area contributed by atoms with Gasteiger partial charge in [-0.05, 0) is 52.3 Å². The van der Waals surface area contributed by atoms with Gasteiger partial charge in [0.25, 0.3) is 0 Å². The van der Waals surface area contributed by atoms with E-state index in [4.69, 9.17) is 14.5 Å². The second-order valence-corrected chi connectivity index (χ2v) is 7.63. The third-order valence-corrected chi connectivity index (χ3v) is 5.00. The van der Waals surface area contributed by atoms with E-state index in [0.29, 0.717) is 19.8 Å². The van der Waals surface area contributed by atoms with Gasteiger partial charge in [0, 0.05) is 30.6 Å². The first-order valence-electron chi connectivity index (χ1n) is 9.93. The summed E-state index contributed by atoms with van der Waals surface area (Å²) in [4.78, 5) is 10.3. The molecule has 2 aromatic rings. The molecule has 0 amide bonds. The van der Waals surface area contributed by atoms with E-state index in [1.807, 2.05) is 32.2 Å². The van der Waals surface area contributed by atoms with Crippen LogP contribution in [-0.2, 0) is 6.42 Å². The Morgan fingerprint density at radius 3 is 2.57 bits per heavy atom. The molecule has 0 aliphatic heterocycles. The van der Waals surface area contributed by atoms with E-state index in [2.05, 4.69) is 42.5 Å². The summed E-state index contributed by atoms with van der Waals surface area (Å²) < 4.78 is 11.4. The molecule has 0 radical (unpaired) electrons. The Morgan fingerprint density at radius 1 is 1.18 bits per heavy atom. The minimum atomic E-state index is 0.0785. The average Bonchev–Trinajstić information content (AvgIpc) is 3.08. The van der Waals surface area contributed by atoms with Crippen molar-refractivity contribution >= 4 is 17.3 Å². The van der Waals surface area contributed by atoms with Crippen LogP contribution in [-0.4, -0.2) is 37.2 Å². The first-order valence-corrected chi connectivity index (χ1v) is 10.7. The van der Waals surface area contributed by atoms with Gasteiger partial charge in [-0.1, -0.05) is 6.07 Å². The SMILES string of the molecule is CCNC(=NCCc1ncc(C)s1)NC(C)c1ccc(OCC)c(OCC)c1. The lowest BCUT2D eigenvalue weighted by molar-refractivity contribution is 0.287. The zero-order valence-corrected chi connectivity index (χ0v) is 18.4. The number of aromatic nitrogens is 1. The maximum Gasteiger partial charge on any atom is 0.191 e. The molecule has 0 spiro atoms. The highest BCUT2D eigenvalue weighted by atomic mass is 32.1. The van der Waals surface area contributed by atoms with Crippen molar-refractivity contribution in [2.24, 2.45) is 4.99 Å². The van der Waals surface area contributed by atoms with Gasteiger partial charge in [0.1, 0.15) is 0 Å². The molecule has 0 bridgehead atoms. The van der Waals surface area contributed by atoms with Gasteiger partial charge >= 0.3 is 0 Å². The minimum Gasteiger partial charge on any atom is -0.490 e. The van der Waals surface area contributed by atoms with Gasteiger partial charge in [-0.25, -0.2) is 4.98 Å². The Hall–Kier alpha value is -2.28. The Kier molecular flexibility index (Phi) is 9.07. The normalized spacial score (nSPS) is 12.5. The van der Waals surface area contributed by atoms with Crippen LogP contribution in [0, 0.1) is 6.92 Å². The van der Waals surface area contributed by atoms with Gasteiger partial charge in [0.15, 0.2) is 17.5 Å². The number of aryl methyl sites for hydroxylation is 1. The summed E-state index contributed by atoms with van der Waals surface area (Å²) in [6.07, 6.45) is 2.76. The van der Waals surface area contributed by atoms with Crippen LogP contribution < -0.4 is 20.1 Å². The Labute approximate surface area is 172 Å². The molecule has 0 saturated carbocycles. The number of nitrogens with one attached hydrogen (secondary N) is 2. The van der Waals surface area contributed by atoms with Gasteiger partial charge in [-0.15, -0.1) is 11.3 Å². The molecule has 6 nitrogen and oxygen atoms in total. The number of benzene rings is 1. The van der Waals surface area contributed by atoms with E-state index >= 15 is 0 Å². The van der Waals surface area contributed by atoms with Crippen molar-refractivity contribution < 1.29 is 9.47 Å². The quantitative estimate of drug-likeness (QED) is 0.461. The van der Waals surface area contributed by atoms with E-state index in [9.17, 15) is 0 Å². The van der Waals surface area contributed by atoms with Crippen LogP contribution in [0.3, 0.4) is 0 Å². The molecule has 7 heteroatoms. The second kappa shape index (κ2) is 11.5. The Bertz CT molecular complexity index is 761. The number of ether oxygens (including phenoxy) is 2. The van der Waals surface area contributed by atoms with Gasteiger partial charge in [-0.3, -0.25) is 4.99 Å². The summed E-state index contributed by atoms with van der Waals surface area (Å²) in [5.74, 6) is 2.35. The van der Waals surface area contributed by atoms with Crippen molar-refractivity contribution in [1.82, 2.24) is 15.6 Å². The van der Waals surface area contributed by atoms with E-state index in [0.717, 1.165) is 41.0 Å². The van der Waals surface area contributed by atoms with Crippen LogP contribution in [0.4, 0.5) is 0 Å². The number of thiazole rings is 1. The molecule has 1 aromatic heterocycles. The predicted molar refractivity (Wildman–Crippen MR) is 117 cm³/mol. The van der Waals surface area contributed by atoms with Crippen molar-refractivity contribution in [2.45, 2.75) is 47.1 Å². The van der Waals surface area contributed by atoms with Crippen LogP contribution in [0.25, 0.3) is 0 Å². The summed E-state index contributed by atoms with van der Waals surface area (Å²) in [6, 6.07) is 6.15. The standard InChI is InChI=1S/C21H32N4O2S/c1-6-22-21(23-12-11-20-24-14-15(4)28-20)25-16(5)17-9-10-18(26-7-2)19(13-17)27-8-3/h9-10,13-14,16H,6-8,11-12H2,1-5H3,(H2,22,23,25). The fraction of sp³-hybridized carbons (Fsp3) is 0.524. The van der Waals surface area contributed by atoms with Gasteiger partial charge in [0.2, 0.25) is 0 Å². The molecule has 2 N–H and O–H groups in total. The van der Waals surface area contributed by atoms with E-state index < -0.39 is 0 Å². The van der Waals surface area contributed by atoms with E-state index in [1.54, 1.807) is 11.3 Å².